The van der Waals surface area contributed by atoms with Crippen LogP contribution in [0.3, 0.4) is 0 Å². The molecule has 1 aromatic rings. The van der Waals surface area contributed by atoms with Crippen LogP contribution in [0.15, 0.2) is 35.2 Å². The van der Waals surface area contributed by atoms with Crippen LogP contribution in [0.4, 0.5) is 0 Å². The molecule has 1 aromatic carbocycles. The van der Waals surface area contributed by atoms with E-state index in [9.17, 15) is 8.42 Å². The second-order valence-electron chi connectivity index (χ2n) is 2.09. The Morgan fingerprint density at radius 3 is 2.23 bits per heavy atom. The quantitative estimate of drug-likeness (QED) is 0.467. The molecule has 0 atom stereocenters. The number of benzene rings is 1. The normalized spacial score (nSPS) is 10.5. The molecule has 0 aromatic heterocycles. The van der Waals surface area contributed by atoms with Crippen LogP contribution in [-0.4, -0.2) is 44.0 Å². The summed E-state index contributed by atoms with van der Waals surface area (Å²) < 4.78 is 24.6. The standard InChI is InChI=1S/C7H8ClNO2S.Na.H/c8-6-9-12(10,11)7-4-2-1-3-5-7;;/h1-5,9H,6H2;;. The van der Waals surface area contributed by atoms with Gasteiger partial charge in [0.2, 0.25) is 10.0 Å². The van der Waals surface area contributed by atoms with E-state index in [0.29, 0.717) is 0 Å². The summed E-state index contributed by atoms with van der Waals surface area (Å²) in [5, 5.41) is 0. The molecule has 68 valence electrons. The zero-order valence-corrected chi connectivity index (χ0v) is 7.77. The van der Waals surface area contributed by atoms with Crippen LogP contribution < -0.4 is 4.72 Å². The van der Waals surface area contributed by atoms with Crippen molar-refractivity contribution < 1.29 is 8.42 Å². The van der Waals surface area contributed by atoms with Gasteiger partial charge in [-0.1, -0.05) is 18.2 Å². The summed E-state index contributed by atoms with van der Waals surface area (Å²) in [7, 11) is -3.39. The van der Waals surface area contributed by atoms with Crippen molar-refractivity contribution in [2.75, 3.05) is 6.00 Å². The van der Waals surface area contributed by atoms with Gasteiger partial charge in [0.15, 0.2) is 0 Å². The molecule has 0 fully saturated rings. The maximum absolute atomic E-state index is 11.2. The topological polar surface area (TPSA) is 46.2 Å². The zero-order chi connectivity index (χ0) is 9.03. The number of hydrogen-bond acceptors (Lipinski definition) is 2. The first kappa shape index (κ1) is 13.4. The van der Waals surface area contributed by atoms with E-state index in [0.717, 1.165) is 0 Å². The van der Waals surface area contributed by atoms with E-state index in [2.05, 4.69) is 4.72 Å². The summed E-state index contributed by atoms with van der Waals surface area (Å²) in [5.74, 6) is 0. The van der Waals surface area contributed by atoms with Crippen LogP contribution >= 0.6 is 11.6 Å². The molecule has 1 N–H and O–H groups in total. The number of nitrogens with one attached hydrogen (secondary N) is 1. The molecule has 0 amide bonds. The van der Waals surface area contributed by atoms with Crippen molar-refractivity contribution in [2.24, 2.45) is 0 Å². The predicted molar refractivity (Wildman–Crippen MR) is 54.6 cm³/mol. The monoisotopic (exact) mass is 229 g/mol. The molecule has 6 heteroatoms. The van der Waals surface area contributed by atoms with E-state index < -0.39 is 10.0 Å². The average Bonchev–Trinajstić information content (AvgIpc) is 2.06. The minimum absolute atomic E-state index is 0. The third kappa shape index (κ3) is 3.97. The molecule has 0 bridgehead atoms. The van der Waals surface area contributed by atoms with Crippen LogP contribution in [0.1, 0.15) is 0 Å². The fraction of sp³-hybridized carbons (Fsp3) is 0.143. The average molecular weight is 230 g/mol. The second kappa shape index (κ2) is 6.01. The van der Waals surface area contributed by atoms with E-state index in [1.165, 1.54) is 12.1 Å². The first-order valence-corrected chi connectivity index (χ1v) is 5.29. The van der Waals surface area contributed by atoms with Crippen molar-refractivity contribution in [1.82, 2.24) is 4.72 Å². The molecule has 0 radical (unpaired) electrons. The maximum atomic E-state index is 11.2. The summed E-state index contributed by atoms with van der Waals surface area (Å²) in [6, 6.07) is 7.96. The number of sulfonamides is 1. The molecule has 0 heterocycles. The van der Waals surface area contributed by atoms with E-state index >= 15 is 0 Å². The van der Waals surface area contributed by atoms with Crippen molar-refractivity contribution in [3.63, 3.8) is 0 Å². The predicted octanol–water partition coefficient (Wildman–Crippen LogP) is 0.513. The number of halogens is 1. The zero-order valence-electron chi connectivity index (χ0n) is 6.20. The van der Waals surface area contributed by atoms with Gasteiger partial charge in [-0.3, -0.25) is 0 Å². The Labute approximate surface area is 105 Å². The Balaban J connectivity index is 0.00000144. The van der Waals surface area contributed by atoms with Crippen LogP contribution in [0, 0.1) is 0 Å². The van der Waals surface area contributed by atoms with Gasteiger partial charge in [0.25, 0.3) is 0 Å². The van der Waals surface area contributed by atoms with Gasteiger partial charge in [0, 0.05) is 0 Å². The Morgan fingerprint density at radius 1 is 1.23 bits per heavy atom. The summed E-state index contributed by atoms with van der Waals surface area (Å²) in [5.41, 5.74) is 0. The molecule has 3 nitrogen and oxygen atoms in total. The van der Waals surface area contributed by atoms with Gasteiger partial charge in [-0.25, -0.2) is 8.42 Å². The van der Waals surface area contributed by atoms with E-state index in [1.54, 1.807) is 18.2 Å². The number of rotatable bonds is 3. The molecule has 0 spiro atoms. The molecule has 0 aliphatic carbocycles. The minimum atomic E-state index is -3.39. The molecule has 0 saturated carbocycles. The van der Waals surface area contributed by atoms with Gasteiger partial charge in [0.05, 0.1) is 10.9 Å². The Morgan fingerprint density at radius 2 is 1.77 bits per heavy atom. The number of hydrogen-bond donors (Lipinski definition) is 1. The molecular weight excluding hydrogens is 221 g/mol. The molecule has 0 unspecified atom stereocenters. The summed E-state index contributed by atoms with van der Waals surface area (Å²) >= 11 is 5.25. The molecule has 1 rings (SSSR count). The third-order valence-electron chi connectivity index (χ3n) is 1.30. The number of alkyl halides is 1. The van der Waals surface area contributed by atoms with Gasteiger partial charge in [-0.15, -0.1) is 11.6 Å². The van der Waals surface area contributed by atoms with Crippen LogP contribution in [0.5, 0.6) is 0 Å². The first-order chi connectivity index (χ1) is 5.67. The van der Waals surface area contributed by atoms with Gasteiger partial charge in [-0.05, 0) is 12.1 Å². The van der Waals surface area contributed by atoms with Crippen LogP contribution in [0.25, 0.3) is 0 Å². The van der Waals surface area contributed by atoms with Gasteiger partial charge in [-0.2, -0.15) is 4.72 Å². The molecule has 0 saturated heterocycles. The van der Waals surface area contributed by atoms with Crippen molar-refractivity contribution in [2.45, 2.75) is 4.90 Å². The Kier molecular flexibility index (Phi) is 6.20. The third-order valence-corrected chi connectivity index (χ3v) is 3.01. The molecular formula is C7H9ClNNaO2S. The fourth-order valence-electron chi connectivity index (χ4n) is 0.755. The van der Waals surface area contributed by atoms with Gasteiger partial charge < -0.3 is 0 Å². The Bertz CT molecular complexity index is 341. The van der Waals surface area contributed by atoms with E-state index in [4.69, 9.17) is 11.6 Å². The van der Waals surface area contributed by atoms with Gasteiger partial charge in [0.1, 0.15) is 0 Å². The van der Waals surface area contributed by atoms with Crippen LogP contribution in [0.2, 0.25) is 0 Å². The van der Waals surface area contributed by atoms with Crippen molar-refractivity contribution >= 4 is 51.2 Å². The van der Waals surface area contributed by atoms with Crippen molar-refractivity contribution in [1.29, 1.82) is 0 Å². The van der Waals surface area contributed by atoms with Crippen LogP contribution in [-0.2, 0) is 10.0 Å². The fourth-order valence-corrected chi connectivity index (χ4v) is 2.01. The van der Waals surface area contributed by atoms with Crippen molar-refractivity contribution in [3.8, 4) is 0 Å². The SMILES string of the molecule is O=S(=O)(NCCl)c1ccccc1.[NaH]. The summed E-state index contributed by atoms with van der Waals surface area (Å²) in [6.07, 6.45) is 0. The molecule has 13 heavy (non-hydrogen) atoms. The second-order valence-corrected chi connectivity index (χ2v) is 4.13. The Hall–Kier alpha value is 0.420. The molecule has 0 aliphatic heterocycles. The van der Waals surface area contributed by atoms with E-state index in [-0.39, 0.29) is 40.5 Å². The van der Waals surface area contributed by atoms with Gasteiger partial charge >= 0.3 is 29.6 Å². The summed E-state index contributed by atoms with van der Waals surface area (Å²) in [6.45, 7) is 0. The molecule has 0 aliphatic rings. The first-order valence-electron chi connectivity index (χ1n) is 3.27. The van der Waals surface area contributed by atoms with Crippen molar-refractivity contribution in [3.05, 3.63) is 30.3 Å². The summed E-state index contributed by atoms with van der Waals surface area (Å²) in [4.78, 5) is 0.227. The van der Waals surface area contributed by atoms with E-state index in [1.807, 2.05) is 0 Å².